The lowest BCUT2D eigenvalue weighted by Crippen LogP contribution is -2.52. The average molecular weight is 452 g/mol. The smallest absolute Gasteiger partial charge is 0.255 e. The predicted octanol–water partition coefficient (Wildman–Crippen LogP) is 4.01. The quantitative estimate of drug-likeness (QED) is 0.482. The van der Waals surface area contributed by atoms with Gasteiger partial charge in [0.1, 0.15) is 11.8 Å². The molecule has 170 valence electrons. The molecule has 0 unspecified atom stereocenters. The second-order valence-electron chi connectivity index (χ2n) is 8.87. The molecule has 0 bridgehead atoms. The van der Waals surface area contributed by atoms with Gasteiger partial charge < -0.3 is 19.9 Å². The van der Waals surface area contributed by atoms with Crippen LogP contribution in [-0.2, 0) is 17.6 Å². The normalized spacial score (nSPS) is 18.4. The molecular weight excluding hydrogens is 426 g/mol. The molecule has 0 fully saturated rings. The standard InChI is InChI=1S/C28H25N3O3/c1-34-18-12-10-17(11-13-18)14-15-29-27(32)24-16-22-19-6-4-5-9-23(19)30-25(22)26-20-7-2-3-8-21(20)28(33)31(24)26/h2-13,24,26,30H,14-16H2,1H3,(H,29,32)/t24-,26-/m0/s1. The van der Waals surface area contributed by atoms with Crippen molar-refractivity contribution in [2.24, 2.45) is 0 Å². The van der Waals surface area contributed by atoms with Crippen LogP contribution in [0.5, 0.6) is 5.75 Å². The predicted molar refractivity (Wildman–Crippen MR) is 130 cm³/mol. The van der Waals surface area contributed by atoms with Gasteiger partial charge in [0.25, 0.3) is 5.91 Å². The Labute approximate surface area is 197 Å². The second kappa shape index (κ2) is 8.06. The van der Waals surface area contributed by atoms with E-state index in [1.807, 2.05) is 66.7 Å². The van der Waals surface area contributed by atoms with Crippen molar-refractivity contribution in [2.45, 2.75) is 24.9 Å². The Morgan fingerprint density at radius 3 is 2.65 bits per heavy atom. The van der Waals surface area contributed by atoms with E-state index in [1.54, 1.807) is 12.0 Å². The van der Waals surface area contributed by atoms with E-state index in [2.05, 4.69) is 16.4 Å². The number of carbonyl (C=O) groups excluding carboxylic acids is 2. The molecule has 2 aliphatic rings. The van der Waals surface area contributed by atoms with Crippen LogP contribution in [0.3, 0.4) is 0 Å². The number of hydrogen-bond acceptors (Lipinski definition) is 3. The Morgan fingerprint density at radius 2 is 1.82 bits per heavy atom. The van der Waals surface area contributed by atoms with E-state index in [9.17, 15) is 9.59 Å². The molecule has 0 aliphatic carbocycles. The van der Waals surface area contributed by atoms with Crippen LogP contribution in [0.25, 0.3) is 10.9 Å². The van der Waals surface area contributed by atoms with E-state index in [1.165, 1.54) is 0 Å². The number of nitrogens with zero attached hydrogens (tertiary/aromatic N) is 1. The number of carbonyl (C=O) groups is 2. The number of ether oxygens (including phenoxy) is 1. The van der Waals surface area contributed by atoms with Gasteiger partial charge in [0, 0.05) is 35.1 Å². The molecule has 6 heteroatoms. The van der Waals surface area contributed by atoms with Crippen LogP contribution in [0.15, 0.2) is 72.8 Å². The van der Waals surface area contributed by atoms with Crippen LogP contribution in [-0.4, -0.2) is 41.4 Å². The van der Waals surface area contributed by atoms with Crippen molar-refractivity contribution >= 4 is 22.7 Å². The van der Waals surface area contributed by atoms with Gasteiger partial charge in [0.05, 0.1) is 13.2 Å². The van der Waals surface area contributed by atoms with E-state index < -0.39 is 6.04 Å². The van der Waals surface area contributed by atoms with Crippen LogP contribution in [0.1, 0.15) is 38.8 Å². The fourth-order valence-corrected chi connectivity index (χ4v) is 5.38. The van der Waals surface area contributed by atoms with Crippen LogP contribution in [0.4, 0.5) is 0 Å². The fraction of sp³-hybridized carbons (Fsp3) is 0.214. The van der Waals surface area contributed by atoms with Crippen LogP contribution in [0, 0.1) is 0 Å². The van der Waals surface area contributed by atoms with Crippen molar-refractivity contribution in [1.82, 2.24) is 15.2 Å². The largest absolute Gasteiger partial charge is 0.497 e. The van der Waals surface area contributed by atoms with E-state index in [0.717, 1.165) is 39.0 Å². The SMILES string of the molecule is COc1ccc(CCNC(=O)[C@@H]2Cc3c([nH]c4ccccc34)[C@@H]3c4ccccc4C(=O)N32)cc1. The van der Waals surface area contributed by atoms with E-state index in [4.69, 9.17) is 4.74 Å². The molecule has 0 radical (unpaired) electrons. The molecule has 0 spiro atoms. The molecule has 0 saturated heterocycles. The molecule has 3 heterocycles. The van der Waals surface area contributed by atoms with Crippen LogP contribution in [0.2, 0.25) is 0 Å². The van der Waals surface area contributed by atoms with Gasteiger partial charge in [-0.15, -0.1) is 0 Å². The van der Waals surface area contributed by atoms with Crippen molar-refractivity contribution in [3.63, 3.8) is 0 Å². The number of rotatable bonds is 5. The molecule has 2 atom stereocenters. The minimum Gasteiger partial charge on any atom is -0.497 e. The average Bonchev–Trinajstić information content (AvgIpc) is 3.39. The van der Waals surface area contributed by atoms with Crippen molar-refractivity contribution in [3.8, 4) is 5.75 Å². The molecule has 2 amide bonds. The lowest BCUT2D eigenvalue weighted by molar-refractivity contribution is -0.126. The fourth-order valence-electron chi connectivity index (χ4n) is 5.38. The highest BCUT2D eigenvalue weighted by Crippen LogP contribution is 2.46. The number of H-pyrrole nitrogens is 1. The molecular formula is C28H25N3O3. The van der Waals surface area contributed by atoms with Gasteiger partial charge in [-0.05, 0) is 47.4 Å². The molecule has 34 heavy (non-hydrogen) atoms. The molecule has 0 saturated carbocycles. The minimum atomic E-state index is -0.563. The van der Waals surface area contributed by atoms with Crippen molar-refractivity contribution in [2.75, 3.05) is 13.7 Å². The number of amides is 2. The highest BCUT2D eigenvalue weighted by molar-refractivity contribution is 6.03. The summed E-state index contributed by atoms with van der Waals surface area (Å²) in [5, 5.41) is 4.20. The highest BCUT2D eigenvalue weighted by Gasteiger charge is 2.48. The number of fused-ring (bicyclic) bond motifs is 7. The first-order chi connectivity index (χ1) is 16.7. The van der Waals surface area contributed by atoms with Gasteiger partial charge in [-0.3, -0.25) is 9.59 Å². The summed E-state index contributed by atoms with van der Waals surface area (Å²) in [6.07, 6.45) is 1.20. The van der Waals surface area contributed by atoms with E-state index in [-0.39, 0.29) is 17.9 Å². The third kappa shape index (κ3) is 3.17. The van der Waals surface area contributed by atoms with Gasteiger partial charge in [-0.1, -0.05) is 48.5 Å². The lowest BCUT2D eigenvalue weighted by Gasteiger charge is -2.37. The highest BCUT2D eigenvalue weighted by atomic mass is 16.5. The zero-order chi connectivity index (χ0) is 23.2. The molecule has 6 rings (SSSR count). The molecule has 2 N–H and O–H groups in total. The number of para-hydroxylation sites is 1. The Kier molecular flexibility index (Phi) is 4.87. The Bertz CT molecular complexity index is 1410. The number of methoxy groups -OCH3 is 1. The molecule has 4 aromatic rings. The van der Waals surface area contributed by atoms with Crippen molar-refractivity contribution in [1.29, 1.82) is 0 Å². The summed E-state index contributed by atoms with van der Waals surface area (Å²) < 4.78 is 5.21. The lowest BCUT2D eigenvalue weighted by atomic mass is 9.90. The van der Waals surface area contributed by atoms with Gasteiger partial charge in [-0.25, -0.2) is 0 Å². The molecule has 1 aromatic heterocycles. The third-order valence-corrected chi connectivity index (χ3v) is 7.03. The number of benzene rings is 3. The summed E-state index contributed by atoms with van der Waals surface area (Å²) in [4.78, 5) is 32.2. The third-order valence-electron chi connectivity index (χ3n) is 7.03. The summed E-state index contributed by atoms with van der Waals surface area (Å²) in [7, 11) is 1.64. The minimum absolute atomic E-state index is 0.0831. The maximum Gasteiger partial charge on any atom is 0.255 e. The summed E-state index contributed by atoms with van der Waals surface area (Å²) in [6, 6.07) is 22.8. The van der Waals surface area contributed by atoms with Crippen LogP contribution >= 0.6 is 0 Å². The Morgan fingerprint density at radius 1 is 1.06 bits per heavy atom. The zero-order valence-electron chi connectivity index (χ0n) is 18.9. The zero-order valence-corrected chi connectivity index (χ0v) is 18.9. The van der Waals surface area contributed by atoms with Crippen LogP contribution < -0.4 is 10.1 Å². The number of aromatic amines is 1. The first-order valence-electron chi connectivity index (χ1n) is 11.6. The number of hydrogen-bond donors (Lipinski definition) is 2. The first kappa shape index (κ1) is 20.5. The summed E-state index contributed by atoms with van der Waals surface area (Å²) in [5.74, 6) is 0.610. The monoisotopic (exact) mass is 451 g/mol. The van der Waals surface area contributed by atoms with Crippen molar-refractivity contribution < 1.29 is 14.3 Å². The maximum absolute atomic E-state index is 13.5. The number of nitrogens with one attached hydrogen (secondary N) is 2. The summed E-state index contributed by atoms with van der Waals surface area (Å²) >= 11 is 0. The van der Waals surface area contributed by atoms with E-state index >= 15 is 0 Å². The summed E-state index contributed by atoms with van der Waals surface area (Å²) in [5.41, 5.74) is 5.92. The Balaban J connectivity index is 1.31. The maximum atomic E-state index is 13.5. The second-order valence-corrected chi connectivity index (χ2v) is 8.87. The first-order valence-corrected chi connectivity index (χ1v) is 11.6. The molecule has 2 aliphatic heterocycles. The topological polar surface area (TPSA) is 74.4 Å². The van der Waals surface area contributed by atoms with Gasteiger partial charge >= 0.3 is 0 Å². The summed E-state index contributed by atoms with van der Waals surface area (Å²) in [6.45, 7) is 0.502. The molecule has 6 nitrogen and oxygen atoms in total. The van der Waals surface area contributed by atoms with Gasteiger partial charge in [0.15, 0.2) is 0 Å². The number of aromatic nitrogens is 1. The Hall–Kier alpha value is -4.06. The van der Waals surface area contributed by atoms with Gasteiger partial charge in [-0.2, -0.15) is 0 Å². The van der Waals surface area contributed by atoms with Crippen molar-refractivity contribution in [3.05, 3.63) is 101 Å². The molecule has 3 aromatic carbocycles. The van der Waals surface area contributed by atoms with E-state index in [0.29, 0.717) is 24.9 Å². The van der Waals surface area contributed by atoms with Gasteiger partial charge in [0.2, 0.25) is 5.91 Å².